The molecule has 2 aliphatic carbocycles. The van der Waals surface area contributed by atoms with Crippen LogP contribution in [0.1, 0.15) is 33.6 Å². The van der Waals surface area contributed by atoms with Crippen molar-refractivity contribution in [3.8, 4) is 11.4 Å². The van der Waals surface area contributed by atoms with E-state index < -0.39 is 78.8 Å². The molecule has 4 heterocycles. The fraction of sp³-hybridized carbons (Fsp3) is 0.111. The minimum absolute atomic E-state index is 0. The van der Waals surface area contributed by atoms with Gasteiger partial charge in [-0.05, 0) is 35.7 Å². The second-order valence-electron chi connectivity index (χ2n) is 11.8. The SMILES string of the molecule is FC(F)(F)c1ccc(-c2ccc(C(F)(F)F)cn2)nc1.FC1=C[C-](F)C(c2ccc(C(F)(F)F)cn2)=C=C1.FC1=C[C-](F)C(c2ccc(C(F)(F)F)cn2)=C=C1.F[P-](F)(F)(F)(F)F.[Ir+3]. The van der Waals surface area contributed by atoms with Gasteiger partial charge in [0.05, 0.1) is 33.6 Å². The maximum atomic E-state index is 13.3. The average Bonchev–Trinajstić information content (AvgIpc) is 3.13. The van der Waals surface area contributed by atoms with Crippen LogP contribution in [0.15, 0.2) is 121 Å². The molecule has 4 aromatic rings. The van der Waals surface area contributed by atoms with Crippen LogP contribution < -0.4 is 0 Å². The quantitative estimate of drug-likeness (QED) is 0.0888. The van der Waals surface area contributed by atoms with Crippen LogP contribution in [-0.4, -0.2) is 19.9 Å². The molecular formula is C36H16F22IrN4P. The van der Waals surface area contributed by atoms with E-state index in [0.717, 1.165) is 60.7 Å². The van der Waals surface area contributed by atoms with E-state index in [1.165, 1.54) is 0 Å². The average molecular weight is 1150 g/mol. The number of nitrogens with zero attached hydrogens (tertiary/aromatic N) is 4. The first kappa shape index (κ1) is 54.5. The van der Waals surface area contributed by atoms with E-state index in [1.807, 2.05) is 0 Å². The second-order valence-corrected chi connectivity index (χ2v) is 13.7. The van der Waals surface area contributed by atoms with Gasteiger partial charge in [-0.15, -0.1) is 0 Å². The number of alkyl halides is 12. The van der Waals surface area contributed by atoms with Gasteiger partial charge < -0.3 is 9.97 Å². The molecule has 0 saturated heterocycles. The van der Waals surface area contributed by atoms with Gasteiger partial charge in [-0.2, -0.15) is 52.7 Å². The first-order valence-electron chi connectivity index (χ1n) is 15.8. The summed E-state index contributed by atoms with van der Waals surface area (Å²) in [4.78, 5) is 14.1. The van der Waals surface area contributed by atoms with Crippen molar-refractivity contribution >= 4 is 19.0 Å². The molecule has 28 heteroatoms. The first-order valence-corrected chi connectivity index (χ1v) is 17.9. The van der Waals surface area contributed by atoms with E-state index in [1.54, 1.807) is 0 Å². The van der Waals surface area contributed by atoms with Crippen molar-refractivity contribution in [3.63, 3.8) is 0 Å². The van der Waals surface area contributed by atoms with Crippen LogP contribution in [-0.2, 0) is 44.8 Å². The summed E-state index contributed by atoms with van der Waals surface area (Å²) in [6.45, 7) is 0. The molecule has 0 fully saturated rings. The van der Waals surface area contributed by atoms with Crippen LogP contribution in [0.25, 0.3) is 22.5 Å². The number of pyridine rings is 4. The van der Waals surface area contributed by atoms with Gasteiger partial charge in [-0.3, -0.25) is 27.5 Å². The molecule has 0 bridgehead atoms. The summed E-state index contributed by atoms with van der Waals surface area (Å²) < 4.78 is 259. The van der Waals surface area contributed by atoms with Crippen LogP contribution >= 0.6 is 7.81 Å². The molecule has 6 rings (SSSR count). The Morgan fingerprint density at radius 3 is 0.797 bits per heavy atom. The van der Waals surface area contributed by atoms with Gasteiger partial charge in [0.2, 0.25) is 0 Å². The topological polar surface area (TPSA) is 51.6 Å². The van der Waals surface area contributed by atoms with E-state index in [4.69, 9.17) is 0 Å². The Hall–Kier alpha value is -5.60. The van der Waals surface area contributed by atoms with Gasteiger partial charge in [0.25, 0.3) is 0 Å². The molecule has 0 atom stereocenters. The Labute approximate surface area is 356 Å². The van der Waals surface area contributed by atoms with E-state index in [-0.39, 0.29) is 54.0 Å². The normalized spacial score (nSPS) is 15.2. The molecule has 0 aromatic carbocycles. The Kier molecular flexibility index (Phi) is 16.4. The zero-order valence-electron chi connectivity index (χ0n) is 30.1. The van der Waals surface area contributed by atoms with Crippen LogP contribution in [0.5, 0.6) is 0 Å². The molecule has 0 aliphatic heterocycles. The van der Waals surface area contributed by atoms with E-state index in [2.05, 4.69) is 31.4 Å². The number of hydrogen-bond donors (Lipinski definition) is 0. The third kappa shape index (κ3) is 18.6. The maximum Gasteiger partial charge on any atom is 3.00 e. The van der Waals surface area contributed by atoms with Crippen LogP contribution in [0.3, 0.4) is 0 Å². The molecule has 4 aromatic heterocycles. The Balaban J connectivity index is 0.000000305. The molecule has 348 valence electrons. The molecule has 0 N–H and O–H groups in total. The number of allylic oxidation sites excluding steroid dienone is 6. The molecule has 0 radical (unpaired) electrons. The molecule has 4 nitrogen and oxygen atoms in total. The maximum absolute atomic E-state index is 13.3. The minimum Gasteiger partial charge on any atom is 3.00 e. The fourth-order valence-electron chi connectivity index (χ4n) is 4.13. The number of rotatable bonds is 3. The standard InChI is InChI=1S/C12H6F6N2.2C12H5F5N.F6P.Ir/c13-11(14,15)7-1-3-9(19-5-7)10-4-2-8(6-20-10)12(16,17)18;2*13-8-2-3-9(10(14)5-8)11-4-1-7(6-18-11)12(15,16)17;1-7(2,3,4,5)6;/h1-6H;2*1-2,4-6H;;/q;3*-1;+3. The predicted molar refractivity (Wildman–Crippen MR) is 180 cm³/mol. The summed E-state index contributed by atoms with van der Waals surface area (Å²) in [5.74, 6) is -1.63. The van der Waals surface area contributed by atoms with Gasteiger partial charge in [-0.1, -0.05) is 59.7 Å². The first-order chi connectivity index (χ1) is 28.4. The van der Waals surface area contributed by atoms with Crippen LogP contribution in [0.4, 0.5) is 95.4 Å². The van der Waals surface area contributed by atoms with Crippen molar-refractivity contribution in [3.05, 3.63) is 167 Å². The van der Waals surface area contributed by atoms with Gasteiger partial charge >= 0.3 is 77.8 Å². The number of hydrogen-bond acceptors (Lipinski definition) is 4. The monoisotopic (exact) mass is 1150 g/mol. The summed E-state index contributed by atoms with van der Waals surface area (Å²) in [5.41, 5.74) is 0.515. The van der Waals surface area contributed by atoms with Crippen molar-refractivity contribution in [1.29, 1.82) is 0 Å². The van der Waals surface area contributed by atoms with Gasteiger partial charge in [0, 0.05) is 48.8 Å². The minimum atomic E-state index is -10.7. The van der Waals surface area contributed by atoms with Crippen molar-refractivity contribution in [2.24, 2.45) is 0 Å². The largest absolute Gasteiger partial charge is 3.00 e. The van der Waals surface area contributed by atoms with Crippen molar-refractivity contribution < 1.29 is 116 Å². The van der Waals surface area contributed by atoms with E-state index in [0.29, 0.717) is 36.9 Å². The van der Waals surface area contributed by atoms with Gasteiger partial charge in [0.1, 0.15) is 0 Å². The third-order valence-corrected chi connectivity index (χ3v) is 6.85. The molecule has 0 amide bonds. The predicted octanol–water partition coefficient (Wildman–Crippen LogP) is 15.6. The Morgan fingerprint density at radius 1 is 0.406 bits per heavy atom. The van der Waals surface area contributed by atoms with Crippen LogP contribution in [0, 0.1) is 12.3 Å². The summed E-state index contributed by atoms with van der Waals surface area (Å²) in [6.07, 6.45) is -14.5. The van der Waals surface area contributed by atoms with E-state index >= 15 is 0 Å². The molecule has 0 spiro atoms. The smallest absolute Gasteiger partial charge is 3.00 e. The second kappa shape index (κ2) is 19.2. The van der Waals surface area contributed by atoms with Crippen molar-refractivity contribution in [2.45, 2.75) is 24.7 Å². The number of aromatic nitrogens is 4. The van der Waals surface area contributed by atoms with Crippen molar-refractivity contribution in [2.75, 3.05) is 0 Å². The molecule has 2 aliphatic rings. The molecular weight excluding hydrogens is 1130 g/mol. The summed E-state index contributed by atoms with van der Waals surface area (Å²) >= 11 is 0. The Morgan fingerprint density at radius 2 is 0.625 bits per heavy atom. The number of halogens is 22. The van der Waals surface area contributed by atoms with Crippen molar-refractivity contribution in [1.82, 2.24) is 19.9 Å². The summed E-state index contributed by atoms with van der Waals surface area (Å²) in [7, 11) is -10.7. The fourth-order valence-corrected chi connectivity index (χ4v) is 4.13. The van der Waals surface area contributed by atoms with Gasteiger partial charge in [-0.25, -0.2) is 11.5 Å². The molecule has 0 unspecified atom stereocenters. The molecule has 0 saturated carbocycles. The van der Waals surface area contributed by atoms with Gasteiger partial charge in [0.15, 0.2) is 0 Å². The zero-order valence-corrected chi connectivity index (χ0v) is 33.4. The molecule has 64 heavy (non-hydrogen) atoms. The summed E-state index contributed by atoms with van der Waals surface area (Å²) in [6, 6.07) is 7.27. The Bertz CT molecular complexity index is 2250. The van der Waals surface area contributed by atoms with Crippen LogP contribution in [0.2, 0.25) is 0 Å². The third-order valence-electron chi connectivity index (χ3n) is 6.85. The zero-order chi connectivity index (χ0) is 48.0. The van der Waals surface area contributed by atoms with E-state index in [9.17, 15) is 95.4 Å². The summed E-state index contributed by atoms with van der Waals surface area (Å²) in [5, 5.41) is 0.